The lowest BCUT2D eigenvalue weighted by Crippen LogP contribution is -3.00. The van der Waals surface area contributed by atoms with Crippen LogP contribution in [-0.4, -0.2) is 0 Å². The van der Waals surface area contributed by atoms with Crippen molar-refractivity contribution in [2.45, 2.75) is 40.8 Å². The molecule has 0 unspecified atom stereocenters. The molecule has 0 aliphatic heterocycles. The van der Waals surface area contributed by atoms with E-state index in [2.05, 4.69) is 39.2 Å². The molecule has 0 bridgehead atoms. The first kappa shape index (κ1) is 14.4. The summed E-state index contributed by atoms with van der Waals surface area (Å²) >= 11 is 0. The molecule has 0 aromatic heterocycles. The Morgan fingerprint density at radius 2 is 0.867 bits per heavy atom. The number of hydrogen-bond acceptors (Lipinski definition) is 0. The number of hydrogen-bond donors (Lipinski definition) is 2. The maximum atomic E-state index is 4.00. The zero-order valence-electron chi connectivity index (χ0n) is 10.2. The molecule has 0 aliphatic carbocycles. The highest BCUT2D eigenvalue weighted by Crippen LogP contribution is 2.25. The summed E-state index contributed by atoms with van der Waals surface area (Å²) in [5.41, 5.74) is 16.4. The van der Waals surface area contributed by atoms with Gasteiger partial charge in [-0.25, -0.2) is 0 Å². The van der Waals surface area contributed by atoms with Crippen LogP contribution in [-0.2, 0) is 13.1 Å². The first-order chi connectivity index (χ1) is 6.54. The zero-order chi connectivity index (χ0) is 10.9. The van der Waals surface area contributed by atoms with Gasteiger partial charge in [0.1, 0.15) is 13.1 Å². The van der Waals surface area contributed by atoms with Crippen molar-refractivity contribution in [2.75, 3.05) is 0 Å². The Bertz CT molecular complexity index is 295. The summed E-state index contributed by atoms with van der Waals surface area (Å²) in [6.45, 7) is 10.6. The van der Waals surface area contributed by atoms with Gasteiger partial charge in [0.15, 0.2) is 0 Å². The van der Waals surface area contributed by atoms with E-state index in [1.54, 1.807) is 0 Å². The molecule has 6 N–H and O–H groups in total. The smallest absolute Gasteiger partial charge is 0.100 e. The van der Waals surface area contributed by atoms with E-state index in [9.17, 15) is 0 Å². The fourth-order valence-corrected chi connectivity index (χ4v) is 2.22. The predicted octanol–water partition coefficient (Wildman–Crippen LogP) is -2.59. The highest BCUT2D eigenvalue weighted by molar-refractivity contribution is 5.49. The van der Waals surface area contributed by atoms with E-state index in [1.165, 1.54) is 33.4 Å². The average Bonchev–Trinajstić information content (AvgIpc) is 2.17. The molecular formula is C12H22ClN2+. The summed E-state index contributed by atoms with van der Waals surface area (Å²) in [4.78, 5) is 0. The minimum atomic E-state index is 0. The van der Waals surface area contributed by atoms with E-state index in [-0.39, 0.29) is 12.4 Å². The van der Waals surface area contributed by atoms with Crippen molar-refractivity contribution >= 4 is 0 Å². The maximum absolute atomic E-state index is 4.00. The highest BCUT2D eigenvalue weighted by atomic mass is 35.5. The highest BCUT2D eigenvalue weighted by Gasteiger charge is 2.14. The van der Waals surface area contributed by atoms with Gasteiger partial charge in [0.2, 0.25) is 0 Å². The number of quaternary nitrogens is 2. The molecule has 0 spiro atoms. The Kier molecular flexibility index (Phi) is 5.29. The van der Waals surface area contributed by atoms with Crippen molar-refractivity contribution in [2.24, 2.45) is 0 Å². The Hall–Kier alpha value is -0.570. The lowest BCUT2D eigenvalue weighted by Gasteiger charge is -2.16. The molecule has 0 saturated carbocycles. The van der Waals surface area contributed by atoms with Gasteiger partial charge in [-0.2, -0.15) is 0 Å². The minimum absolute atomic E-state index is 0. The summed E-state index contributed by atoms with van der Waals surface area (Å²) in [6, 6.07) is 0. The molecule has 0 atom stereocenters. The first-order valence-corrected chi connectivity index (χ1v) is 5.21. The molecule has 0 heterocycles. The second-order valence-electron chi connectivity index (χ2n) is 3.96. The normalized spacial score (nSPS) is 10.0. The molecule has 1 rings (SSSR count). The van der Waals surface area contributed by atoms with Crippen molar-refractivity contribution in [3.63, 3.8) is 0 Å². The molecule has 3 heteroatoms. The fourth-order valence-electron chi connectivity index (χ4n) is 2.22. The van der Waals surface area contributed by atoms with Crippen molar-refractivity contribution < 1.29 is 23.9 Å². The number of rotatable bonds is 2. The van der Waals surface area contributed by atoms with Gasteiger partial charge in [-0.15, -0.1) is 0 Å². The second kappa shape index (κ2) is 5.50. The topological polar surface area (TPSA) is 55.3 Å². The molecule has 1 aromatic rings. The largest absolute Gasteiger partial charge is 1.00 e. The summed E-state index contributed by atoms with van der Waals surface area (Å²) in [7, 11) is 0. The van der Waals surface area contributed by atoms with Crippen molar-refractivity contribution in [3.8, 4) is 0 Å². The van der Waals surface area contributed by atoms with Crippen LogP contribution in [0.25, 0.3) is 0 Å². The van der Waals surface area contributed by atoms with Gasteiger partial charge in [-0.05, 0) is 49.9 Å². The fraction of sp³-hybridized carbons (Fsp3) is 0.500. The number of benzene rings is 1. The Balaban J connectivity index is 0.00000196. The van der Waals surface area contributed by atoms with Crippen molar-refractivity contribution in [1.82, 2.24) is 0 Å². The molecule has 0 saturated heterocycles. The third kappa shape index (κ3) is 2.33. The summed E-state index contributed by atoms with van der Waals surface area (Å²) < 4.78 is 0. The van der Waals surface area contributed by atoms with Crippen LogP contribution in [0.1, 0.15) is 33.4 Å². The van der Waals surface area contributed by atoms with Crippen LogP contribution in [0, 0.1) is 27.7 Å². The molecule has 2 nitrogen and oxygen atoms in total. The summed E-state index contributed by atoms with van der Waals surface area (Å²) in [5.74, 6) is 0. The summed E-state index contributed by atoms with van der Waals surface area (Å²) in [5, 5.41) is 0. The molecule has 1 aromatic carbocycles. The Morgan fingerprint density at radius 3 is 1.00 bits per heavy atom. The van der Waals surface area contributed by atoms with Gasteiger partial charge in [0.25, 0.3) is 0 Å². The molecule has 86 valence electrons. The van der Waals surface area contributed by atoms with Crippen LogP contribution in [0.3, 0.4) is 0 Å². The lowest BCUT2D eigenvalue weighted by atomic mass is 9.89. The van der Waals surface area contributed by atoms with E-state index >= 15 is 0 Å². The molecule has 0 amide bonds. The molecule has 15 heavy (non-hydrogen) atoms. The lowest BCUT2D eigenvalue weighted by molar-refractivity contribution is -0.388. The van der Waals surface area contributed by atoms with Crippen LogP contribution >= 0.6 is 0 Å². The van der Waals surface area contributed by atoms with Gasteiger partial charge in [0.05, 0.1) is 0 Å². The van der Waals surface area contributed by atoms with E-state index in [0.29, 0.717) is 0 Å². The van der Waals surface area contributed by atoms with Crippen LogP contribution < -0.4 is 23.9 Å². The molecule has 0 fully saturated rings. The van der Waals surface area contributed by atoms with Crippen molar-refractivity contribution in [3.05, 3.63) is 33.4 Å². The predicted molar refractivity (Wildman–Crippen MR) is 58.6 cm³/mol. The second-order valence-corrected chi connectivity index (χ2v) is 3.96. The maximum Gasteiger partial charge on any atom is 0.100 e. The van der Waals surface area contributed by atoms with Gasteiger partial charge >= 0.3 is 0 Å². The number of halogens is 1. The van der Waals surface area contributed by atoms with Crippen LogP contribution in [0.15, 0.2) is 0 Å². The molecular weight excluding hydrogens is 208 g/mol. The van der Waals surface area contributed by atoms with E-state index in [4.69, 9.17) is 0 Å². The van der Waals surface area contributed by atoms with E-state index in [1.807, 2.05) is 0 Å². The Labute approximate surface area is 98.5 Å². The average molecular weight is 230 g/mol. The first-order valence-electron chi connectivity index (χ1n) is 5.21. The summed E-state index contributed by atoms with van der Waals surface area (Å²) in [6.07, 6.45) is 0. The van der Waals surface area contributed by atoms with E-state index in [0.717, 1.165) is 13.1 Å². The molecule has 0 radical (unpaired) electrons. The van der Waals surface area contributed by atoms with Crippen LogP contribution in [0.4, 0.5) is 0 Å². The quantitative estimate of drug-likeness (QED) is 0.560. The van der Waals surface area contributed by atoms with Crippen LogP contribution in [0.2, 0.25) is 0 Å². The third-order valence-electron chi connectivity index (χ3n) is 3.44. The monoisotopic (exact) mass is 229 g/mol. The third-order valence-corrected chi connectivity index (χ3v) is 3.44. The van der Waals surface area contributed by atoms with Gasteiger partial charge in [-0.3, -0.25) is 0 Å². The zero-order valence-corrected chi connectivity index (χ0v) is 11.0. The SMILES string of the molecule is Cc1c(C)c(C[NH3+])c(C)c(C)c1C[NH3+].[Cl-]. The minimum Gasteiger partial charge on any atom is -1.00 e. The standard InChI is InChI=1S/C12H20N2.ClH/c1-7-8(2)12(6-14)10(4)9(3)11(7)5-13;/h5-6,13-14H2,1-4H3;1H/p+1. The van der Waals surface area contributed by atoms with Gasteiger partial charge < -0.3 is 23.9 Å². The van der Waals surface area contributed by atoms with Gasteiger partial charge in [0, 0.05) is 11.1 Å². The van der Waals surface area contributed by atoms with Crippen LogP contribution in [0.5, 0.6) is 0 Å². The van der Waals surface area contributed by atoms with Gasteiger partial charge in [-0.1, -0.05) is 0 Å². The van der Waals surface area contributed by atoms with E-state index < -0.39 is 0 Å². The molecule has 0 aliphatic rings. The van der Waals surface area contributed by atoms with Crippen molar-refractivity contribution in [1.29, 1.82) is 0 Å². The Morgan fingerprint density at radius 1 is 0.667 bits per heavy atom.